The third-order valence-electron chi connectivity index (χ3n) is 2.98. The lowest BCUT2D eigenvalue weighted by Crippen LogP contribution is -2.26. The van der Waals surface area contributed by atoms with Crippen LogP contribution >= 0.6 is 15.9 Å². The van der Waals surface area contributed by atoms with Crippen LogP contribution in [0.3, 0.4) is 0 Å². The fourth-order valence-electron chi connectivity index (χ4n) is 2.04. The quantitative estimate of drug-likeness (QED) is 0.885. The second-order valence-corrected chi connectivity index (χ2v) is 5.23. The average Bonchev–Trinajstić information content (AvgIpc) is 2.69. The Kier molecular flexibility index (Phi) is 3.68. The molecular formula is C12H13BrN2O3. The van der Waals surface area contributed by atoms with E-state index in [-0.39, 0.29) is 17.4 Å². The number of rotatable bonds is 3. The van der Waals surface area contributed by atoms with Gasteiger partial charge >= 0.3 is 5.97 Å². The monoisotopic (exact) mass is 312 g/mol. The van der Waals surface area contributed by atoms with Gasteiger partial charge in [-0.2, -0.15) is 0 Å². The van der Waals surface area contributed by atoms with Crippen molar-refractivity contribution in [2.24, 2.45) is 11.7 Å². The van der Waals surface area contributed by atoms with Crippen molar-refractivity contribution in [1.82, 2.24) is 0 Å². The zero-order valence-electron chi connectivity index (χ0n) is 9.60. The van der Waals surface area contributed by atoms with Gasteiger partial charge in [-0.15, -0.1) is 0 Å². The summed E-state index contributed by atoms with van der Waals surface area (Å²) in [6.07, 6.45) is 0.422. The molecule has 1 aromatic carbocycles. The summed E-state index contributed by atoms with van der Waals surface area (Å²) in [5.41, 5.74) is 6.32. The number of carbonyl (C=O) groups excluding carboxylic acids is 1. The number of halogens is 1. The van der Waals surface area contributed by atoms with Crippen molar-refractivity contribution in [3.05, 3.63) is 28.2 Å². The van der Waals surface area contributed by atoms with Gasteiger partial charge in [-0.1, -0.05) is 15.9 Å². The Morgan fingerprint density at radius 2 is 2.22 bits per heavy atom. The molecule has 1 atom stereocenters. The highest BCUT2D eigenvalue weighted by atomic mass is 79.9. The fraction of sp³-hybridized carbons (Fsp3) is 0.333. The first kappa shape index (κ1) is 13.0. The van der Waals surface area contributed by atoms with Crippen LogP contribution in [0.15, 0.2) is 22.7 Å². The van der Waals surface area contributed by atoms with Gasteiger partial charge in [-0.3, -0.25) is 4.79 Å². The minimum Gasteiger partial charge on any atom is -0.478 e. The van der Waals surface area contributed by atoms with Gasteiger partial charge in [0.25, 0.3) is 0 Å². The number of nitrogens with two attached hydrogens (primary N) is 1. The predicted octanol–water partition coefficient (Wildman–Crippen LogP) is 1.46. The second kappa shape index (κ2) is 5.07. The van der Waals surface area contributed by atoms with Gasteiger partial charge in [0.15, 0.2) is 0 Å². The van der Waals surface area contributed by atoms with Crippen molar-refractivity contribution in [3.8, 4) is 0 Å². The lowest BCUT2D eigenvalue weighted by Gasteiger charge is -2.17. The minimum absolute atomic E-state index is 0.0140. The Hall–Kier alpha value is -1.40. The summed E-state index contributed by atoms with van der Waals surface area (Å²) in [5, 5.41) is 9.00. The number of benzene rings is 1. The molecule has 1 fully saturated rings. The zero-order valence-corrected chi connectivity index (χ0v) is 11.2. The molecule has 3 N–H and O–H groups in total. The largest absolute Gasteiger partial charge is 0.478 e. The Morgan fingerprint density at radius 3 is 2.78 bits per heavy atom. The highest BCUT2D eigenvalue weighted by Crippen LogP contribution is 2.28. The molecule has 2 rings (SSSR count). The van der Waals surface area contributed by atoms with E-state index in [1.165, 1.54) is 12.1 Å². The van der Waals surface area contributed by atoms with Crippen LogP contribution in [0.5, 0.6) is 0 Å². The van der Waals surface area contributed by atoms with Crippen LogP contribution in [0, 0.1) is 5.92 Å². The van der Waals surface area contributed by atoms with E-state index in [9.17, 15) is 9.59 Å². The molecule has 1 saturated heterocycles. The number of carbonyl (C=O) groups is 2. The maximum atomic E-state index is 11.8. The molecule has 0 aromatic heterocycles. The summed E-state index contributed by atoms with van der Waals surface area (Å²) >= 11 is 3.25. The van der Waals surface area contributed by atoms with Crippen LogP contribution < -0.4 is 10.6 Å². The van der Waals surface area contributed by atoms with E-state index >= 15 is 0 Å². The third-order valence-corrected chi connectivity index (χ3v) is 3.44. The topological polar surface area (TPSA) is 83.6 Å². The molecule has 0 aliphatic carbocycles. The van der Waals surface area contributed by atoms with Gasteiger partial charge in [0.05, 0.1) is 5.56 Å². The first-order valence-corrected chi connectivity index (χ1v) is 6.35. The minimum atomic E-state index is -1.01. The van der Waals surface area contributed by atoms with Gasteiger partial charge in [0.1, 0.15) is 0 Å². The van der Waals surface area contributed by atoms with E-state index in [1.54, 1.807) is 11.0 Å². The molecular weight excluding hydrogens is 300 g/mol. The molecule has 96 valence electrons. The molecule has 5 nitrogen and oxygen atoms in total. The van der Waals surface area contributed by atoms with E-state index in [4.69, 9.17) is 10.8 Å². The van der Waals surface area contributed by atoms with Crippen LogP contribution in [-0.2, 0) is 4.79 Å². The number of hydrogen-bond donors (Lipinski definition) is 2. The van der Waals surface area contributed by atoms with Crippen molar-refractivity contribution in [2.75, 3.05) is 18.0 Å². The number of nitrogens with zero attached hydrogens (tertiary/aromatic N) is 1. The molecule has 1 aromatic rings. The first-order valence-electron chi connectivity index (χ1n) is 5.55. The molecule has 18 heavy (non-hydrogen) atoms. The Labute approximate surface area is 113 Å². The normalized spacial score (nSPS) is 19.3. The van der Waals surface area contributed by atoms with Crippen LogP contribution in [0.4, 0.5) is 5.69 Å². The highest BCUT2D eigenvalue weighted by molar-refractivity contribution is 9.10. The number of amides is 1. The number of carboxylic acid groups (broad SMARTS) is 1. The van der Waals surface area contributed by atoms with Crippen molar-refractivity contribution in [3.63, 3.8) is 0 Å². The molecule has 0 radical (unpaired) electrons. The van der Waals surface area contributed by atoms with Gasteiger partial charge in [-0.25, -0.2) is 4.79 Å². The standard InChI is InChI=1S/C12H13BrN2O3/c13-9-2-8(12(17)18)3-10(4-9)15-6-7(5-14)1-11(15)16/h2-4,7H,1,5-6,14H2,(H,17,18). The zero-order chi connectivity index (χ0) is 13.3. The van der Waals surface area contributed by atoms with Crippen LogP contribution in [0.1, 0.15) is 16.8 Å². The average molecular weight is 313 g/mol. The van der Waals surface area contributed by atoms with Crippen molar-refractivity contribution < 1.29 is 14.7 Å². The molecule has 0 spiro atoms. The molecule has 1 unspecified atom stereocenters. The van der Waals surface area contributed by atoms with Crippen molar-refractivity contribution in [2.45, 2.75) is 6.42 Å². The molecule has 1 amide bonds. The van der Waals surface area contributed by atoms with Crippen LogP contribution in [-0.4, -0.2) is 30.1 Å². The van der Waals surface area contributed by atoms with Crippen molar-refractivity contribution >= 4 is 33.5 Å². The SMILES string of the molecule is NCC1CC(=O)N(c2cc(Br)cc(C(=O)O)c2)C1. The van der Waals surface area contributed by atoms with E-state index < -0.39 is 5.97 Å². The molecule has 1 heterocycles. The molecule has 0 bridgehead atoms. The Balaban J connectivity index is 2.34. The molecule has 6 heteroatoms. The van der Waals surface area contributed by atoms with Crippen LogP contribution in [0.2, 0.25) is 0 Å². The number of carboxylic acids is 1. The maximum absolute atomic E-state index is 11.8. The summed E-state index contributed by atoms with van der Waals surface area (Å²) in [5.74, 6) is -0.885. The number of aromatic carboxylic acids is 1. The Morgan fingerprint density at radius 1 is 1.50 bits per heavy atom. The summed E-state index contributed by atoms with van der Waals surface area (Å²) < 4.78 is 0.640. The Bertz CT molecular complexity index is 504. The lowest BCUT2D eigenvalue weighted by atomic mass is 10.1. The predicted molar refractivity (Wildman–Crippen MR) is 70.6 cm³/mol. The number of anilines is 1. The van der Waals surface area contributed by atoms with Gasteiger partial charge in [0, 0.05) is 23.1 Å². The van der Waals surface area contributed by atoms with Gasteiger partial charge in [-0.05, 0) is 30.7 Å². The number of hydrogen-bond acceptors (Lipinski definition) is 3. The summed E-state index contributed by atoms with van der Waals surface area (Å²) in [6, 6.07) is 4.75. The van der Waals surface area contributed by atoms with Crippen molar-refractivity contribution in [1.29, 1.82) is 0 Å². The van der Waals surface area contributed by atoms with E-state index in [1.807, 2.05) is 0 Å². The van der Waals surface area contributed by atoms with E-state index in [2.05, 4.69) is 15.9 Å². The first-order chi connectivity index (χ1) is 8.51. The maximum Gasteiger partial charge on any atom is 0.335 e. The molecule has 0 saturated carbocycles. The van der Waals surface area contributed by atoms with Crippen LogP contribution in [0.25, 0.3) is 0 Å². The smallest absolute Gasteiger partial charge is 0.335 e. The lowest BCUT2D eigenvalue weighted by molar-refractivity contribution is -0.117. The van der Waals surface area contributed by atoms with Gasteiger partial charge in [0.2, 0.25) is 5.91 Å². The summed E-state index contributed by atoms with van der Waals surface area (Å²) in [6.45, 7) is 1.01. The fourth-order valence-corrected chi connectivity index (χ4v) is 2.52. The third kappa shape index (κ3) is 2.54. The summed E-state index contributed by atoms with van der Waals surface area (Å²) in [7, 11) is 0. The van der Waals surface area contributed by atoms with E-state index in [0.717, 1.165) is 0 Å². The van der Waals surface area contributed by atoms with Gasteiger partial charge < -0.3 is 15.7 Å². The molecule has 1 aliphatic rings. The molecule has 1 aliphatic heterocycles. The summed E-state index contributed by atoms with van der Waals surface area (Å²) in [4.78, 5) is 24.4. The van der Waals surface area contributed by atoms with E-state index in [0.29, 0.717) is 29.7 Å². The highest BCUT2D eigenvalue weighted by Gasteiger charge is 2.30. The second-order valence-electron chi connectivity index (χ2n) is 4.31.